The van der Waals surface area contributed by atoms with Crippen LogP contribution in [-0.2, 0) is 4.79 Å². The number of ether oxygens (including phenoxy) is 1. The number of hydrogen-bond donors (Lipinski definition) is 2. The van der Waals surface area contributed by atoms with Crippen LogP contribution < -0.4 is 15.8 Å². The van der Waals surface area contributed by atoms with E-state index in [9.17, 15) is 4.79 Å². The Kier molecular flexibility index (Phi) is 8.56. The van der Waals surface area contributed by atoms with E-state index in [1.165, 1.54) is 6.08 Å². The van der Waals surface area contributed by atoms with E-state index < -0.39 is 0 Å². The summed E-state index contributed by atoms with van der Waals surface area (Å²) in [7, 11) is 1.67. The van der Waals surface area contributed by atoms with Crippen LogP contribution in [0.1, 0.15) is 18.1 Å². The third-order valence-electron chi connectivity index (χ3n) is 3.20. The molecule has 0 atom stereocenters. The van der Waals surface area contributed by atoms with Gasteiger partial charge in [-0.25, -0.2) is 4.98 Å². The number of methoxy groups -OCH3 is 1. The number of allylic oxidation sites excluding steroid dienone is 1. The van der Waals surface area contributed by atoms with Gasteiger partial charge in [0, 0.05) is 29.2 Å². The largest absolute Gasteiger partial charge is 0.496 e. The van der Waals surface area contributed by atoms with E-state index in [1.54, 1.807) is 32.0 Å². The second-order valence-electron chi connectivity index (χ2n) is 5.39. The van der Waals surface area contributed by atoms with Crippen molar-refractivity contribution in [2.45, 2.75) is 25.8 Å². The highest BCUT2D eigenvalue weighted by Gasteiger charge is 2.02. The van der Waals surface area contributed by atoms with Crippen LogP contribution in [0.5, 0.6) is 5.75 Å². The van der Waals surface area contributed by atoms with Gasteiger partial charge in [-0.1, -0.05) is 17.7 Å². The van der Waals surface area contributed by atoms with Gasteiger partial charge in [-0.3, -0.25) is 4.79 Å². The van der Waals surface area contributed by atoms with Crippen LogP contribution in [0.25, 0.3) is 0 Å². The fourth-order valence-electron chi connectivity index (χ4n) is 1.95. The third-order valence-corrected chi connectivity index (χ3v) is 4.00. The first kappa shape index (κ1) is 20.6. The highest BCUT2D eigenvalue weighted by molar-refractivity contribution is 7.98. The first-order chi connectivity index (χ1) is 11.9. The van der Waals surface area contributed by atoms with E-state index in [0.29, 0.717) is 5.70 Å². The summed E-state index contributed by atoms with van der Waals surface area (Å²) in [5.74, 6) is 0.707. The highest BCUT2D eigenvalue weighted by Crippen LogP contribution is 2.24. The Hall–Kier alpha value is -2.47. The zero-order valence-electron chi connectivity index (χ0n) is 15.3. The summed E-state index contributed by atoms with van der Waals surface area (Å²) >= 11 is 1.63. The molecule has 5 nitrogen and oxygen atoms in total. The van der Waals surface area contributed by atoms with Crippen molar-refractivity contribution in [1.82, 2.24) is 4.98 Å². The maximum absolute atomic E-state index is 11.2. The topological polar surface area (TPSA) is 77.2 Å². The number of nitrogens with zero attached hydrogens (tertiary/aromatic N) is 1. The van der Waals surface area contributed by atoms with E-state index in [1.807, 2.05) is 50.4 Å². The maximum atomic E-state index is 11.2. The van der Waals surface area contributed by atoms with Crippen molar-refractivity contribution >= 4 is 23.4 Å². The molecule has 0 aliphatic heterocycles. The molecule has 2 aromatic rings. The number of carbonyl (C=O) groups excluding carboxylic acids is 1. The normalized spacial score (nSPS) is 10.5. The number of hydrogen-bond acceptors (Lipinski definition) is 5. The predicted molar refractivity (Wildman–Crippen MR) is 105 cm³/mol. The van der Waals surface area contributed by atoms with Gasteiger partial charge in [-0.2, -0.15) is 0 Å². The van der Waals surface area contributed by atoms with Crippen LogP contribution in [0.15, 0.2) is 53.3 Å². The number of carbonyl (C=O) groups is 1. The summed E-state index contributed by atoms with van der Waals surface area (Å²) in [5, 5.41) is 3.74. The minimum absolute atomic E-state index is 0.200. The molecule has 3 N–H and O–H groups in total. The summed E-state index contributed by atoms with van der Waals surface area (Å²) in [6, 6.07) is 9.46. The number of nitrogens with one attached hydrogen (secondary N) is 1. The Balaban J connectivity index is 0.000000257. The molecule has 0 bridgehead atoms. The maximum Gasteiger partial charge on any atom is 0.250 e. The number of nitrogens with two attached hydrogens (primary N) is 1. The molecular weight excluding hydrogens is 334 g/mol. The monoisotopic (exact) mass is 359 g/mol. The molecule has 25 heavy (non-hydrogen) atoms. The highest BCUT2D eigenvalue weighted by atomic mass is 32.2. The summed E-state index contributed by atoms with van der Waals surface area (Å²) in [5.41, 5.74) is 8.92. The number of rotatable bonds is 4. The molecule has 0 aliphatic carbocycles. The molecule has 0 radical (unpaired) electrons. The molecule has 6 heteroatoms. The van der Waals surface area contributed by atoms with Crippen molar-refractivity contribution in [3.8, 4) is 5.75 Å². The Bertz CT molecular complexity index is 702. The van der Waals surface area contributed by atoms with Crippen LogP contribution in [0.3, 0.4) is 0 Å². The summed E-state index contributed by atoms with van der Waals surface area (Å²) in [6.45, 7) is 5.68. The van der Waals surface area contributed by atoms with Crippen LogP contribution >= 0.6 is 11.8 Å². The van der Waals surface area contributed by atoms with Gasteiger partial charge in [0.1, 0.15) is 10.8 Å². The van der Waals surface area contributed by atoms with Gasteiger partial charge < -0.3 is 15.8 Å². The molecule has 0 unspecified atom stereocenters. The average molecular weight is 359 g/mol. The lowest BCUT2D eigenvalue weighted by Crippen LogP contribution is -2.10. The number of benzene rings is 1. The smallest absolute Gasteiger partial charge is 0.250 e. The van der Waals surface area contributed by atoms with Crippen LogP contribution in [-0.4, -0.2) is 24.3 Å². The molecule has 0 aliphatic rings. The minimum Gasteiger partial charge on any atom is -0.496 e. The van der Waals surface area contributed by atoms with Crippen molar-refractivity contribution in [1.29, 1.82) is 0 Å². The zero-order chi connectivity index (χ0) is 18.8. The number of aryl methyl sites for hydroxylation is 1. The van der Waals surface area contributed by atoms with Crippen molar-refractivity contribution in [3.05, 3.63) is 59.4 Å². The second-order valence-corrected chi connectivity index (χ2v) is 6.19. The lowest BCUT2D eigenvalue weighted by Gasteiger charge is -2.05. The first-order valence-electron chi connectivity index (χ1n) is 7.72. The van der Waals surface area contributed by atoms with Crippen molar-refractivity contribution in [3.63, 3.8) is 0 Å². The fraction of sp³-hybridized carbons (Fsp3) is 0.263. The molecule has 0 saturated heterocycles. The molecule has 2 rings (SSSR count). The van der Waals surface area contributed by atoms with Gasteiger partial charge in [0.25, 0.3) is 0 Å². The first-order valence-corrected chi connectivity index (χ1v) is 8.94. The summed E-state index contributed by atoms with van der Waals surface area (Å²) < 4.78 is 5.13. The van der Waals surface area contributed by atoms with Gasteiger partial charge >= 0.3 is 0 Å². The second kappa shape index (κ2) is 10.4. The zero-order valence-corrected chi connectivity index (χ0v) is 16.1. The van der Waals surface area contributed by atoms with E-state index in [0.717, 1.165) is 27.6 Å². The Morgan fingerprint density at radius 1 is 1.24 bits per heavy atom. The van der Waals surface area contributed by atoms with Crippen molar-refractivity contribution in [2.75, 3.05) is 18.7 Å². The van der Waals surface area contributed by atoms with Crippen molar-refractivity contribution in [2.24, 2.45) is 5.73 Å². The number of aromatic nitrogens is 1. The number of pyridine rings is 1. The number of thioether (sulfide) groups is 1. The Morgan fingerprint density at radius 2 is 1.88 bits per heavy atom. The minimum atomic E-state index is -0.200. The van der Waals surface area contributed by atoms with Gasteiger partial charge in [0.2, 0.25) is 5.91 Å². The molecule has 0 spiro atoms. The molecule has 1 aromatic carbocycles. The standard InChI is InChI=1S/C11H14N2O.C8H11NOS/c1-8-3-5-10(6-4-8)13-11(14)7-9(2)12;1-6-7(10-2)4-5-9-8(6)11-3/h3-7H,12H2,1-2H3,(H,13,14);4-5H,1-3H3/b9-7-;. The van der Waals surface area contributed by atoms with Gasteiger partial charge in [-0.05, 0) is 45.2 Å². The predicted octanol–water partition coefficient (Wildman–Crippen LogP) is 3.92. The summed E-state index contributed by atoms with van der Waals surface area (Å²) in [4.78, 5) is 15.4. The molecular formula is C19H25N3O2S. The fourth-order valence-corrected chi connectivity index (χ4v) is 2.52. The SMILES string of the molecule is C/C(N)=C/C(=O)Nc1ccc(C)cc1.COc1ccnc(SC)c1C. The average Bonchev–Trinajstić information content (AvgIpc) is 2.57. The third kappa shape index (κ3) is 7.30. The Labute approximate surface area is 153 Å². The molecule has 1 heterocycles. The van der Waals surface area contributed by atoms with Gasteiger partial charge in [-0.15, -0.1) is 11.8 Å². The van der Waals surface area contributed by atoms with Gasteiger partial charge in [0.05, 0.1) is 7.11 Å². The summed E-state index contributed by atoms with van der Waals surface area (Å²) in [6.07, 6.45) is 5.13. The molecule has 134 valence electrons. The molecule has 0 saturated carbocycles. The van der Waals surface area contributed by atoms with E-state index in [2.05, 4.69) is 10.3 Å². The lowest BCUT2D eigenvalue weighted by molar-refractivity contribution is -0.111. The van der Waals surface area contributed by atoms with Crippen molar-refractivity contribution < 1.29 is 9.53 Å². The molecule has 0 fully saturated rings. The molecule has 1 amide bonds. The lowest BCUT2D eigenvalue weighted by atomic mass is 10.2. The van der Waals surface area contributed by atoms with E-state index in [4.69, 9.17) is 10.5 Å². The van der Waals surface area contributed by atoms with Crippen LogP contribution in [0.2, 0.25) is 0 Å². The molecule has 1 aromatic heterocycles. The number of anilines is 1. The Morgan fingerprint density at radius 3 is 2.40 bits per heavy atom. The quantitative estimate of drug-likeness (QED) is 0.639. The van der Waals surface area contributed by atoms with E-state index >= 15 is 0 Å². The van der Waals surface area contributed by atoms with E-state index in [-0.39, 0.29) is 5.91 Å². The van der Waals surface area contributed by atoms with Crippen LogP contribution in [0.4, 0.5) is 5.69 Å². The van der Waals surface area contributed by atoms with Gasteiger partial charge in [0.15, 0.2) is 0 Å². The number of amides is 1. The van der Waals surface area contributed by atoms with Crippen LogP contribution in [0, 0.1) is 13.8 Å².